The molecule has 0 aliphatic carbocycles. The Hall–Kier alpha value is -4.75. The first-order valence-electron chi connectivity index (χ1n) is 11.9. The molecule has 9 nitrogen and oxygen atoms in total. The van der Waals surface area contributed by atoms with E-state index in [1.165, 1.54) is 17.1 Å². The van der Waals surface area contributed by atoms with Crippen LogP contribution in [0.2, 0.25) is 0 Å². The van der Waals surface area contributed by atoms with Crippen LogP contribution in [0, 0.1) is 17.1 Å². The van der Waals surface area contributed by atoms with E-state index in [0.717, 1.165) is 22.9 Å². The van der Waals surface area contributed by atoms with E-state index in [4.69, 9.17) is 4.74 Å². The normalized spacial score (nSPS) is 13.0. The number of nitriles is 1. The summed E-state index contributed by atoms with van der Waals surface area (Å²) in [5, 5.41) is 31.1. The number of nitrogens with one attached hydrogen (secondary N) is 1. The summed E-state index contributed by atoms with van der Waals surface area (Å²) in [7, 11) is 0. The number of rotatable bonds is 10. The molecule has 0 saturated carbocycles. The second kappa shape index (κ2) is 11.1. The number of hydrogen-bond acceptors (Lipinski definition) is 7. The van der Waals surface area contributed by atoms with Crippen molar-refractivity contribution in [3.8, 4) is 17.6 Å². The third kappa shape index (κ3) is 6.14. The number of aromatic nitrogens is 5. The Bertz CT molecular complexity index is 1540. The predicted molar refractivity (Wildman–Crippen MR) is 142 cm³/mol. The summed E-state index contributed by atoms with van der Waals surface area (Å²) in [6.07, 6.45) is 14.5. The number of hydrogen-bond donors (Lipinski definition) is 2. The van der Waals surface area contributed by atoms with E-state index in [0.29, 0.717) is 22.6 Å². The quantitative estimate of drug-likeness (QED) is 0.300. The number of ether oxygens (including phenoxy) is 1. The van der Waals surface area contributed by atoms with Gasteiger partial charge in [-0.1, -0.05) is 24.8 Å². The van der Waals surface area contributed by atoms with Crippen LogP contribution in [-0.4, -0.2) is 41.7 Å². The number of allylic oxidation sites excluding steroid dienone is 4. The van der Waals surface area contributed by atoms with Gasteiger partial charge in [0.25, 0.3) is 0 Å². The minimum Gasteiger partial charge on any atom is -0.489 e. The molecule has 4 aromatic rings. The Morgan fingerprint density at radius 3 is 2.74 bits per heavy atom. The molecule has 0 radical (unpaired) electrons. The lowest BCUT2D eigenvalue weighted by atomic mass is 10.0. The van der Waals surface area contributed by atoms with E-state index >= 15 is 0 Å². The zero-order valence-electron chi connectivity index (χ0n) is 21.3. The molecule has 0 unspecified atom stereocenters. The molecule has 0 aromatic carbocycles. The highest BCUT2D eigenvalue weighted by Crippen LogP contribution is 2.29. The fraction of sp³-hybridized carbons (Fsp3) is 0.214. The minimum absolute atomic E-state index is 0.0481. The van der Waals surface area contributed by atoms with Crippen molar-refractivity contribution in [3.05, 3.63) is 103 Å². The second-order valence-electron chi connectivity index (χ2n) is 9.28. The molecule has 0 saturated heterocycles. The van der Waals surface area contributed by atoms with Crippen molar-refractivity contribution in [2.75, 3.05) is 6.61 Å². The van der Waals surface area contributed by atoms with Gasteiger partial charge in [0.2, 0.25) is 0 Å². The van der Waals surface area contributed by atoms with E-state index in [9.17, 15) is 14.8 Å². The van der Waals surface area contributed by atoms with Crippen LogP contribution in [0.4, 0.5) is 4.39 Å². The summed E-state index contributed by atoms with van der Waals surface area (Å²) in [5.41, 5.74) is 2.46. The maximum Gasteiger partial charge on any atom is 0.161 e. The van der Waals surface area contributed by atoms with Gasteiger partial charge in [0.1, 0.15) is 18.4 Å². The van der Waals surface area contributed by atoms with Gasteiger partial charge in [-0.05, 0) is 56.3 Å². The largest absolute Gasteiger partial charge is 0.489 e. The number of fused-ring (bicyclic) bond motifs is 1. The monoisotopic (exact) mass is 513 g/mol. The Balaban J connectivity index is 1.52. The van der Waals surface area contributed by atoms with Gasteiger partial charge >= 0.3 is 0 Å². The maximum absolute atomic E-state index is 13.2. The molecular formula is C28H28FN7O2. The highest BCUT2D eigenvalue weighted by molar-refractivity contribution is 5.87. The van der Waals surface area contributed by atoms with Gasteiger partial charge in [-0.3, -0.25) is 0 Å². The molecule has 0 spiro atoms. The molecule has 4 rings (SSSR count). The van der Waals surface area contributed by atoms with Crippen molar-refractivity contribution in [2.45, 2.75) is 32.4 Å². The van der Waals surface area contributed by atoms with E-state index in [2.05, 4.69) is 33.1 Å². The Morgan fingerprint density at radius 2 is 2.11 bits per heavy atom. The number of nitrogens with zero attached hydrogens (tertiary/aromatic N) is 6. The average molecular weight is 514 g/mol. The molecule has 0 bridgehead atoms. The number of pyridine rings is 2. The third-order valence-electron chi connectivity index (χ3n) is 5.60. The van der Waals surface area contributed by atoms with Crippen molar-refractivity contribution < 1.29 is 14.2 Å². The first-order valence-corrected chi connectivity index (χ1v) is 11.9. The zero-order chi connectivity index (χ0) is 27.3. The summed E-state index contributed by atoms with van der Waals surface area (Å²) >= 11 is 0. The van der Waals surface area contributed by atoms with E-state index < -0.39 is 11.4 Å². The molecule has 10 heteroatoms. The van der Waals surface area contributed by atoms with Crippen molar-refractivity contribution >= 4 is 11.1 Å². The van der Waals surface area contributed by atoms with Crippen LogP contribution in [0.15, 0.2) is 80.2 Å². The lowest BCUT2D eigenvalue weighted by Gasteiger charge is -2.18. The third-order valence-corrected chi connectivity index (χ3v) is 5.60. The summed E-state index contributed by atoms with van der Waals surface area (Å²) in [6.45, 7) is 9.34. The van der Waals surface area contributed by atoms with Gasteiger partial charge in [0.05, 0.1) is 41.5 Å². The van der Waals surface area contributed by atoms with Gasteiger partial charge in [0, 0.05) is 17.8 Å². The number of halogens is 1. The molecule has 38 heavy (non-hydrogen) atoms. The van der Waals surface area contributed by atoms with Crippen LogP contribution >= 0.6 is 0 Å². The van der Waals surface area contributed by atoms with Gasteiger partial charge in [-0.2, -0.15) is 15.5 Å². The summed E-state index contributed by atoms with van der Waals surface area (Å²) in [6, 6.07) is 7.61. The van der Waals surface area contributed by atoms with E-state index in [1.54, 1.807) is 55.2 Å². The fourth-order valence-corrected chi connectivity index (χ4v) is 3.67. The maximum atomic E-state index is 13.2. The molecule has 4 aromatic heterocycles. The molecule has 0 aliphatic heterocycles. The predicted octanol–water partition coefficient (Wildman–Crippen LogP) is 4.51. The van der Waals surface area contributed by atoms with E-state index in [-0.39, 0.29) is 12.6 Å². The van der Waals surface area contributed by atoms with Crippen molar-refractivity contribution in [3.63, 3.8) is 0 Å². The highest BCUT2D eigenvalue weighted by atomic mass is 19.1. The zero-order valence-corrected chi connectivity index (χ0v) is 21.3. The summed E-state index contributed by atoms with van der Waals surface area (Å²) in [4.78, 5) is 4.35. The SMILES string of the molecule is C=C/C(=C\C=C\N[C@H](C)c1ccc(-n2cc(F)cn2)nc1)c1cc(OCC(C)(C)O)cn2ncc(C#N)c12. The first kappa shape index (κ1) is 26.3. The molecule has 1 atom stereocenters. The molecule has 0 fully saturated rings. The van der Waals surface area contributed by atoms with Crippen molar-refractivity contribution in [1.82, 2.24) is 29.7 Å². The minimum atomic E-state index is -1.01. The Labute approximate surface area is 219 Å². The standard InChI is InChI=1S/C28H28FN7O2/c1-5-20(25-11-24(38-18-28(3,4)37)17-36-27(25)22(12-30)14-33-36)7-6-10-31-19(2)21-8-9-26(32-13-21)35-16-23(29)15-34-35/h5-11,13-17,19,31,37H,1,18H2,2-4H3/b10-6+,20-7+/t19-/m1/s1. The highest BCUT2D eigenvalue weighted by Gasteiger charge is 2.17. The van der Waals surface area contributed by atoms with Crippen LogP contribution in [0.25, 0.3) is 16.9 Å². The molecule has 194 valence electrons. The van der Waals surface area contributed by atoms with Crippen LogP contribution in [0.5, 0.6) is 5.75 Å². The lowest BCUT2D eigenvalue weighted by molar-refractivity contribution is 0.0283. The topological polar surface area (TPSA) is 113 Å². The molecule has 2 N–H and O–H groups in total. The van der Waals surface area contributed by atoms with Gasteiger partial charge < -0.3 is 15.2 Å². The molecule has 0 amide bonds. The van der Waals surface area contributed by atoms with Gasteiger partial charge in [-0.15, -0.1) is 0 Å². The lowest BCUT2D eigenvalue weighted by Crippen LogP contribution is -2.28. The number of aliphatic hydroxyl groups is 1. The van der Waals surface area contributed by atoms with Crippen LogP contribution in [0.1, 0.15) is 43.5 Å². The second-order valence-corrected chi connectivity index (χ2v) is 9.28. The van der Waals surface area contributed by atoms with Crippen LogP contribution in [-0.2, 0) is 0 Å². The Kier molecular flexibility index (Phi) is 7.69. The summed E-state index contributed by atoms with van der Waals surface area (Å²) < 4.78 is 22.0. The van der Waals surface area contributed by atoms with Gasteiger partial charge in [0.15, 0.2) is 11.6 Å². The van der Waals surface area contributed by atoms with Crippen molar-refractivity contribution in [2.24, 2.45) is 0 Å². The summed E-state index contributed by atoms with van der Waals surface area (Å²) in [5.74, 6) is 0.601. The molecule has 4 heterocycles. The van der Waals surface area contributed by atoms with Crippen LogP contribution in [0.3, 0.4) is 0 Å². The van der Waals surface area contributed by atoms with E-state index in [1.807, 2.05) is 25.1 Å². The Morgan fingerprint density at radius 1 is 1.29 bits per heavy atom. The smallest absolute Gasteiger partial charge is 0.161 e. The van der Waals surface area contributed by atoms with Crippen LogP contribution < -0.4 is 10.1 Å². The fourth-order valence-electron chi connectivity index (χ4n) is 3.67. The average Bonchev–Trinajstić information content (AvgIpc) is 3.52. The van der Waals surface area contributed by atoms with Gasteiger partial charge in [-0.25, -0.2) is 18.6 Å². The molecular weight excluding hydrogens is 485 g/mol. The first-order chi connectivity index (χ1) is 18.2. The van der Waals surface area contributed by atoms with Crippen molar-refractivity contribution in [1.29, 1.82) is 5.26 Å². The molecule has 0 aliphatic rings.